The van der Waals surface area contributed by atoms with Gasteiger partial charge in [-0.1, -0.05) is 42.8 Å². The number of nitrogens with one attached hydrogen (secondary N) is 1. The van der Waals surface area contributed by atoms with Gasteiger partial charge in [-0.2, -0.15) is 0 Å². The van der Waals surface area contributed by atoms with Crippen molar-refractivity contribution >= 4 is 40.6 Å². The van der Waals surface area contributed by atoms with Crippen LogP contribution in [0.5, 0.6) is 5.75 Å². The van der Waals surface area contributed by atoms with E-state index >= 15 is 0 Å². The number of hydrogen-bond donors (Lipinski definition) is 1. The first kappa shape index (κ1) is 20.7. The molecule has 1 aliphatic rings. The third-order valence-corrected chi connectivity index (χ3v) is 5.13. The summed E-state index contributed by atoms with van der Waals surface area (Å²) < 4.78 is 5.67. The van der Waals surface area contributed by atoms with Crippen LogP contribution in [0.2, 0.25) is 0 Å². The Hall–Kier alpha value is -3.06. The Kier molecular flexibility index (Phi) is 6.72. The highest BCUT2D eigenvalue weighted by Crippen LogP contribution is 2.34. The molecule has 29 heavy (non-hydrogen) atoms. The van der Waals surface area contributed by atoms with Crippen molar-refractivity contribution in [1.82, 2.24) is 4.90 Å². The average Bonchev–Trinajstić information content (AvgIpc) is 2.97. The predicted molar refractivity (Wildman–Crippen MR) is 115 cm³/mol. The number of ether oxygens (including phenoxy) is 1. The number of nitrogens with zero attached hydrogens (tertiary/aromatic N) is 1. The van der Waals surface area contributed by atoms with Crippen molar-refractivity contribution in [2.75, 3.05) is 18.5 Å². The molecule has 0 bridgehead atoms. The van der Waals surface area contributed by atoms with E-state index in [9.17, 15) is 14.4 Å². The number of aryl methyl sites for hydroxylation is 1. The van der Waals surface area contributed by atoms with Crippen LogP contribution in [0.15, 0.2) is 53.4 Å². The first-order chi connectivity index (χ1) is 14.0. The standard InChI is InChI=1S/C22H22N2O4S/c1-3-12-24-21(26)19(29-22(24)27)13-16-6-4-5-7-18(16)28-14-20(25)23-17-10-8-15(2)9-11-17/h4-11,13H,3,12,14H2,1-2H3,(H,23,25)/b19-13+. The monoisotopic (exact) mass is 410 g/mol. The highest BCUT2D eigenvalue weighted by Gasteiger charge is 2.34. The minimum absolute atomic E-state index is 0.171. The molecule has 1 aliphatic heterocycles. The molecule has 0 spiro atoms. The van der Waals surface area contributed by atoms with Gasteiger partial charge in [-0.25, -0.2) is 0 Å². The fourth-order valence-corrected chi connectivity index (χ4v) is 3.62. The summed E-state index contributed by atoms with van der Waals surface area (Å²) in [5.74, 6) is -0.116. The summed E-state index contributed by atoms with van der Waals surface area (Å²) in [6.07, 6.45) is 2.34. The molecule has 150 valence electrons. The molecule has 0 radical (unpaired) electrons. The van der Waals surface area contributed by atoms with Gasteiger partial charge in [-0.05, 0) is 49.4 Å². The van der Waals surface area contributed by atoms with Gasteiger partial charge in [0.15, 0.2) is 6.61 Å². The van der Waals surface area contributed by atoms with Gasteiger partial charge in [0.1, 0.15) is 5.75 Å². The van der Waals surface area contributed by atoms with E-state index in [1.807, 2.05) is 38.1 Å². The Morgan fingerprint density at radius 3 is 2.59 bits per heavy atom. The molecule has 0 aliphatic carbocycles. The normalized spacial score (nSPS) is 15.1. The highest BCUT2D eigenvalue weighted by atomic mass is 32.2. The number of thioether (sulfide) groups is 1. The van der Waals surface area contributed by atoms with Crippen molar-refractivity contribution in [2.45, 2.75) is 20.3 Å². The lowest BCUT2D eigenvalue weighted by Gasteiger charge is -2.11. The maximum Gasteiger partial charge on any atom is 0.293 e. The number of benzene rings is 2. The van der Waals surface area contributed by atoms with E-state index in [0.29, 0.717) is 34.9 Å². The Morgan fingerprint density at radius 2 is 1.86 bits per heavy atom. The largest absolute Gasteiger partial charge is 0.483 e. The van der Waals surface area contributed by atoms with Crippen LogP contribution in [-0.4, -0.2) is 35.1 Å². The zero-order chi connectivity index (χ0) is 20.8. The lowest BCUT2D eigenvalue weighted by atomic mass is 10.2. The molecular weight excluding hydrogens is 388 g/mol. The van der Waals surface area contributed by atoms with Crippen LogP contribution >= 0.6 is 11.8 Å². The molecule has 0 unspecified atom stereocenters. The second-order valence-electron chi connectivity index (χ2n) is 6.57. The molecule has 0 saturated carbocycles. The van der Waals surface area contributed by atoms with Gasteiger partial charge < -0.3 is 10.1 Å². The lowest BCUT2D eigenvalue weighted by molar-refractivity contribution is -0.122. The Bertz CT molecular complexity index is 954. The van der Waals surface area contributed by atoms with Gasteiger partial charge in [0.25, 0.3) is 17.1 Å². The first-order valence-electron chi connectivity index (χ1n) is 9.31. The molecule has 1 N–H and O–H groups in total. The number of imide groups is 1. The van der Waals surface area contributed by atoms with Crippen LogP contribution in [0.1, 0.15) is 24.5 Å². The van der Waals surface area contributed by atoms with E-state index in [2.05, 4.69) is 5.32 Å². The first-order valence-corrected chi connectivity index (χ1v) is 10.1. The van der Waals surface area contributed by atoms with Crippen molar-refractivity contribution in [1.29, 1.82) is 0 Å². The zero-order valence-electron chi connectivity index (χ0n) is 16.3. The van der Waals surface area contributed by atoms with Gasteiger partial charge in [0, 0.05) is 17.8 Å². The van der Waals surface area contributed by atoms with E-state index < -0.39 is 0 Å². The number of para-hydroxylation sites is 1. The molecule has 3 rings (SSSR count). The molecule has 2 aromatic rings. The van der Waals surface area contributed by atoms with E-state index in [1.165, 1.54) is 4.90 Å². The number of hydrogen-bond acceptors (Lipinski definition) is 5. The molecular formula is C22H22N2O4S. The second kappa shape index (κ2) is 9.43. The highest BCUT2D eigenvalue weighted by molar-refractivity contribution is 8.18. The third-order valence-electron chi connectivity index (χ3n) is 4.22. The quantitative estimate of drug-likeness (QED) is 0.682. The minimum Gasteiger partial charge on any atom is -0.483 e. The molecule has 1 saturated heterocycles. The Balaban J connectivity index is 1.68. The van der Waals surface area contributed by atoms with E-state index in [4.69, 9.17) is 4.74 Å². The molecule has 0 aromatic heterocycles. The van der Waals surface area contributed by atoms with Gasteiger partial charge >= 0.3 is 0 Å². The van der Waals surface area contributed by atoms with Crippen LogP contribution < -0.4 is 10.1 Å². The third kappa shape index (κ3) is 5.26. The molecule has 0 atom stereocenters. The van der Waals surface area contributed by atoms with E-state index in [-0.39, 0.29) is 23.7 Å². The average molecular weight is 410 g/mol. The van der Waals surface area contributed by atoms with Crippen LogP contribution in [-0.2, 0) is 9.59 Å². The van der Waals surface area contributed by atoms with Crippen molar-refractivity contribution in [3.8, 4) is 5.75 Å². The van der Waals surface area contributed by atoms with E-state index in [1.54, 1.807) is 30.3 Å². The van der Waals surface area contributed by atoms with Crippen LogP contribution in [0.25, 0.3) is 6.08 Å². The fourth-order valence-electron chi connectivity index (χ4n) is 2.77. The second-order valence-corrected chi connectivity index (χ2v) is 7.57. The molecule has 7 heteroatoms. The Labute approximate surface area is 173 Å². The van der Waals surface area contributed by atoms with Gasteiger partial charge in [-0.3, -0.25) is 19.3 Å². The number of carbonyl (C=O) groups is 3. The molecule has 1 fully saturated rings. The molecule has 3 amide bonds. The topological polar surface area (TPSA) is 75.7 Å². The van der Waals surface area contributed by atoms with Gasteiger partial charge in [-0.15, -0.1) is 0 Å². The van der Waals surface area contributed by atoms with E-state index in [0.717, 1.165) is 17.3 Å². The summed E-state index contributed by atoms with van der Waals surface area (Å²) >= 11 is 0.916. The maximum atomic E-state index is 12.4. The smallest absolute Gasteiger partial charge is 0.293 e. The molecule has 1 heterocycles. The Morgan fingerprint density at radius 1 is 1.14 bits per heavy atom. The summed E-state index contributed by atoms with van der Waals surface area (Å²) in [4.78, 5) is 38.2. The summed E-state index contributed by atoms with van der Waals surface area (Å²) in [5.41, 5.74) is 2.44. The van der Waals surface area contributed by atoms with Crippen LogP contribution in [0, 0.1) is 6.92 Å². The summed E-state index contributed by atoms with van der Waals surface area (Å²) in [5, 5.41) is 2.51. The summed E-state index contributed by atoms with van der Waals surface area (Å²) in [6, 6.07) is 14.6. The van der Waals surface area contributed by atoms with Crippen molar-refractivity contribution in [3.05, 3.63) is 64.6 Å². The maximum absolute atomic E-state index is 12.4. The molecule has 6 nitrogen and oxygen atoms in total. The lowest BCUT2D eigenvalue weighted by Crippen LogP contribution is -2.28. The predicted octanol–water partition coefficient (Wildman–Crippen LogP) is 4.46. The SMILES string of the molecule is CCCN1C(=O)S/C(=C/c2ccccc2OCC(=O)Nc2ccc(C)cc2)C1=O. The number of carbonyl (C=O) groups excluding carboxylic acids is 3. The number of anilines is 1. The zero-order valence-corrected chi connectivity index (χ0v) is 17.1. The minimum atomic E-state index is -0.297. The number of amides is 3. The van der Waals surface area contributed by atoms with Crippen molar-refractivity contribution in [2.24, 2.45) is 0 Å². The summed E-state index contributed by atoms with van der Waals surface area (Å²) in [7, 11) is 0. The summed E-state index contributed by atoms with van der Waals surface area (Å²) in [6.45, 7) is 4.12. The van der Waals surface area contributed by atoms with Crippen molar-refractivity contribution < 1.29 is 19.1 Å². The van der Waals surface area contributed by atoms with Gasteiger partial charge in [0.05, 0.1) is 4.91 Å². The van der Waals surface area contributed by atoms with Crippen molar-refractivity contribution in [3.63, 3.8) is 0 Å². The van der Waals surface area contributed by atoms with Crippen LogP contribution in [0.4, 0.5) is 10.5 Å². The number of rotatable bonds is 7. The molecule has 2 aromatic carbocycles. The van der Waals surface area contributed by atoms with Gasteiger partial charge in [0.2, 0.25) is 0 Å². The fraction of sp³-hybridized carbons (Fsp3) is 0.227. The van der Waals surface area contributed by atoms with Crippen LogP contribution in [0.3, 0.4) is 0 Å².